The molecule has 0 saturated heterocycles. The molecule has 2 aromatic carbocycles. The molecule has 2 aromatic rings. The number of hydrogen-bond acceptors (Lipinski definition) is 2. The van der Waals surface area contributed by atoms with Gasteiger partial charge in [-0.2, -0.15) is 0 Å². The van der Waals surface area contributed by atoms with E-state index in [-0.39, 0.29) is 54.2 Å². The van der Waals surface area contributed by atoms with E-state index in [1.54, 1.807) is 0 Å². The summed E-state index contributed by atoms with van der Waals surface area (Å²) in [4.78, 5) is 16.6. The molecule has 0 aliphatic carbocycles. The van der Waals surface area contributed by atoms with Crippen LogP contribution in [-0.2, 0) is 6.42 Å². The number of nitrogens with zero attached hydrogens (tertiary/aromatic N) is 3. The quantitative estimate of drug-likeness (QED) is 0.216. The van der Waals surface area contributed by atoms with Crippen molar-refractivity contribution < 1.29 is 4.92 Å². The molecule has 0 fully saturated rings. The molecule has 0 heterocycles. The van der Waals surface area contributed by atoms with Gasteiger partial charge in [0.15, 0.2) is 0 Å². The zero-order chi connectivity index (χ0) is 18.9. The lowest BCUT2D eigenvalue weighted by atomic mass is 10.0. The van der Waals surface area contributed by atoms with Gasteiger partial charge in [-0.25, -0.2) is 9.69 Å². The summed E-state index contributed by atoms with van der Waals surface area (Å²) in [5, 5.41) is 10.8. The fraction of sp³-hybridized carbons (Fsp3) is 0.0667. The van der Waals surface area contributed by atoms with Crippen molar-refractivity contribution in [3.8, 4) is 0 Å². The number of non-ortho nitro benzene ring substituents is 1. The van der Waals surface area contributed by atoms with Gasteiger partial charge in [-0.1, -0.05) is 58.0 Å². The Hall–Kier alpha value is -1.73. The highest BCUT2D eigenvalue weighted by atomic mass is 35.5. The second kappa shape index (κ2) is 7.66. The lowest BCUT2D eigenvalue weighted by Gasteiger charge is -2.14. The van der Waals surface area contributed by atoms with Crippen LogP contribution in [-0.4, -0.2) is 4.92 Å². The SMILES string of the molecule is [C-]#[N+]c1c(Cl)c(Cl)c(Cc2c(Cl)cc([N+](=O)[O-])cc2Cl)c(Cl)c1[N+]#[C-]. The van der Waals surface area contributed by atoms with Gasteiger partial charge in [-0.05, 0) is 11.1 Å². The molecule has 25 heavy (non-hydrogen) atoms. The molecule has 0 N–H and O–H groups in total. The molecule has 0 aliphatic rings. The minimum atomic E-state index is -0.625. The van der Waals surface area contributed by atoms with Crippen LogP contribution in [0.1, 0.15) is 11.1 Å². The molecule has 0 aliphatic heterocycles. The Labute approximate surface area is 167 Å². The molecule has 2 rings (SSSR count). The van der Waals surface area contributed by atoms with Crippen LogP contribution < -0.4 is 0 Å². The van der Waals surface area contributed by atoms with Gasteiger partial charge < -0.3 is 0 Å². The van der Waals surface area contributed by atoms with Crippen molar-refractivity contribution in [2.75, 3.05) is 0 Å². The van der Waals surface area contributed by atoms with E-state index in [2.05, 4.69) is 9.69 Å². The number of rotatable bonds is 3. The average Bonchev–Trinajstić information content (AvgIpc) is 2.56. The first-order valence-corrected chi connectivity index (χ1v) is 8.18. The molecule has 0 atom stereocenters. The Kier molecular flexibility index (Phi) is 6.00. The van der Waals surface area contributed by atoms with Gasteiger partial charge >= 0.3 is 0 Å². The van der Waals surface area contributed by atoms with E-state index in [1.807, 2.05) is 0 Å². The zero-order valence-corrected chi connectivity index (χ0v) is 15.7. The van der Waals surface area contributed by atoms with E-state index in [1.165, 1.54) is 0 Å². The molecule has 0 amide bonds. The smallest absolute Gasteiger partial charge is 0.258 e. The fourth-order valence-electron chi connectivity index (χ4n) is 2.08. The lowest BCUT2D eigenvalue weighted by molar-refractivity contribution is -0.384. The predicted molar refractivity (Wildman–Crippen MR) is 99.9 cm³/mol. The van der Waals surface area contributed by atoms with E-state index < -0.39 is 4.92 Å². The number of hydrogen-bond donors (Lipinski definition) is 0. The zero-order valence-electron chi connectivity index (χ0n) is 11.9. The maximum absolute atomic E-state index is 10.8. The number of benzene rings is 2. The lowest BCUT2D eigenvalue weighted by Crippen LogP contribution is -1.97. The van der Waals surface area contributed by atoms with E-state index >= 15 is 0 Å². The minimum Gasteiger partial charge on any atom is -0.258 e. The topological polar surface area (TPSA) is 51.9 Å². The van der Waals surface area contributed by atoms with Crippen LogP contribution in [0.2, 0.25) is 25.1 Å². The molecule has 10 heteroatoms. The first-order chi connectivity index (χ1) is 11.7. The molecule has 0 radical (unpaired) electrons. The second-order valence-electron chi connectivity index (χ2n) is 4.66. The summed E-state index contributed by atoms with van der Waals surface area (Å²) in [5.41, 5.74) is 0.0513. The van der Waals surface area contributed by atoms with E-state index in [9.17, 15) is 10.1 Å². The van der Waals surface area contributed by atoms with E-state index in [0.717, 1.165) is 12.1 Å². The van der Waals surface area contributed by atoms with Crippen LogP contribution in [0.4, 0.5) is 17.1 Å². The van der Waals surface area contributed by atoms with Gasteiger partial charge in [0.1, 0.15) is 0 Å². The van der Waals surface area contributed by atoms with Crippen molar-refractivity contribution in [3.63, 3.8) is 0 Å². The summed E-state index contributed by atoms with van der Waals surface area (Å²) in [6.07, 6.45) is -0.0200. The maximum atomic E-state index is 10.8. The minimum absolute atomic E-state index is 0.00412. The first-order valence-electron chi connectivity index (χ1n) is 6.29. The summed E-state index contributed by atoms with van der Waals surface area (Å²) in [5.74, 6) is 0. The largest absolute Gasteiger partial charge is 0.272 e. The highest BCUT2D eigenvalue weighted by molar-refractivity contribution is 6.47. The number of nitro groups is 1. The summed E-state index contributed by atoms with van der Waals surface area (Å²) in [6.45, 7) is 14.3. The van der Waals surface area contributed by atoms with Gasteiger partial charge in [0, 0.05) is 23.6 Å². The van der Waals surface area contributed by atoms with Crippen molar-refractivity contribution >= 4 is 75.1 Å². The van der Waals surface area contributed by atoms with Crippen LogP contribution in [0.3, 0.4) is 0 Å². The van der Waals surface area contributed by atoms with E-state index in [4.69, 9.17) is 71.1 Å². The van der Waals surface area contributed by atoms with Gasteiger partial charge in [0.25, 0.3) is 5.69 Å². The van der Waals surface area contributed by atoms with Crippen molar-refractivity contribution in [2.45, 2.75) is 6.42 Å². The third kappa shape index (κ3) is 3.62. The van der Waals surface area contributed by atoms with Crippen molar-refractivity contribution in [2.24, 2.45) is 0 Å². The Bertz CT molecular complexity index is 969. The molecule has 0 unspecified atom stereocenters. The van der Waals surface area contributed by atoms with Crippen molar-refractivity contribution in [1.82, 2.24) is 0 Å². The van der Waals surface area contributed by atoms with Crippen molar-refractivity contribution in [1.29, 1.82) is 0 Å². The summed E-state index contributed by atoms with van der Waals surface area (Å²) in [7, 11) is 0. The molecule has 0 bridgehead atoms. The summed E-state index contributed by atoms with van der Waals surface area (Å²) < 4.78 is 0. The van der Waals surface area contributed by atoms with Gasteiger partial charge in [0.2, 0.25) is 11.4 Å². The van der Waals surface area contributed by atoms with Gasteiger partial charge in [-0.3, -0.25) is 10.1 Å². The molecule has 5 nitrogen and oxygen atoms in total. The van der Waals surface area contributed by atoms with Gasteiger partial charge in [-0.15, -0.1) is 0 Å². The molecule has 126 valence electrons. The maximum Gasteiger partial charge on any atom is 0.272 e. The standard InChI is InChI=1S/C15H4Cl5N3O2/c1-21-14-12(19)8(11(18)13(20)15(14)22-2)5-7-9(16)3-6(23(24)25)4-10(7)17/h3-4H,5H2. The predicted octanol–water partition coefficient (Wildman–Crippen LogP) is 7.55. The van der Waals surface area contributed by atoms with Gasteiger partial charge in [0.05, 0.1) is 38.2 Å². The fourth-order valence-corrected chi connectivity index (χ4v) is 3.53. The monoisotopic (exact) mass is 433 g/mol. The second-order valence-corrected chi connectivity index (χ2v) is 6.61. The first kappa shape index (κ1) is 19.6. The summed E-state index contributed by atoms with van der Waals surface area (Å²) in [6, 6.07) is 2.30. The highest BCUT2D eigenvalue weighted by Crippen LogP contribution is 2.49. The van der Waals surface area contributed by atoms with Crippen molar-refractivity contribution in [3.05, 3.63) is 81.3 Å². The Morgan fingerprint density at radius 3 is 1.80 bits per heavy atom. The Morgan fingerprint density at radius 2 is 1.36 bits per heavy atom. The Morgan fingerprint density at radius 1 is 0.880 bits per heavy atom. The van der Waals surface area contributed by atoms with Crippen LogP contribution in [0.5, 0.6) is 0 Å². The molecule has 0 aromatic heterocycles. The number of halogens is 5. The Balaban J connectivity index is 2.68. The highest BCUT2D eigenvalue weighted by Gasteiger charge is 2.24. The molecular formula is C15H4Cl5N3O2. The normalized spacial score (nSPS) is 10.2. The average molecular weight is 435 g/mol. The van der Waals surface area contributed by atoms with Crippen LogP contribution in [0.25, 0.3) is 9.69 Å². The van der Waals surface area contributed by atoms with E-state index in [0.29, 0.717) is 5.56 Å². The van der Waals surface area contributed by atoms with Crippen LogP contribution >= 0.6 is 58.0 Å². The third-order valence-corrected chi connectivity index (χ3v) is 5.24. The van der Waals surface area contributed by atoms with Crippen LogP contribution in [0.15, 0.2) is 12.1 Å². The third-order valence-electron chi connectivity index (χ3n) is 3.28. The summed E-state index contributed by atoms with van der Waals surface area (Å²) >= 11 is 30.6. The molecular weight excluding hydrogens is 431 g/mol. The molecule has 0 saturated carbocycles. The number of nitro benzene ring substituents is 1. The van der Waals surface area contributed by atoms with Crippen LogP contribution in [0, 0.1) is 23.3 Å². The molecule has 0 spiro atoms.